The normalized spacial score (nSPS) is 11.7. The number of nitrogens with zero attached hydrogens (tertiary/aromatic N) is 2. The highest BCUT2D eigenvalue weighted by atomic mass is 16.3. The summed E-state index contributed by atoms with van der Waals surface area (Å²) in [6, 6.07) is 22.5. The Bertz CT molecular complexity index is 1100. The molecule has 0 aliphatic rings. The summed E-state index contributed by atoms with van der Waals surface area (Å²) in [7, 11) is 0. The van der Waals surface area contributed by atoms with E-state index in [1.54, 1.807) is 0 Å². The van der Waals surface area contributed by atoms with Crippen molar-refractivity contribution in [2.75, 3.05) is 0 Å². The van der Waals surface area contributed by atoms with E-state index >= 15 is 0 Å². The van der Waals surface area contributed by atoms with E-state index in [1.807, 2.05) is 42.6 Å². The van der Waals surface area contributed by atoms with Crippen LogP contribution in [0.25, 0.3) is 22.6 Å². The van der Waals surface area contributed by atoms with Gasteiger partial charge in [0.15, 0.2) is 5.58 Å². The highest BCUT2D eigenvalue weighted by Crippen LogP contribution is 2.28. The van der Waals surface area contributed by atoms with Gasteiger partial charge in [-0.25, -0.2) is 4.98 Å². The van der Waals surface area contributed by atoms with Crippen LogP contribution in [0.1, 0.15) is 36.5 Å². The molecule has 4 aromatic rings. The molecule has 3 heteroatoms. The van der Waals surface area contributed by atoms with E-state index < -0.39 is 0 Å². The maximum atomic E-state index is 5.93. The van der Waals surface area contributed by atoms with Crippen LogP contribution in [-0.2, 0) is 0 Å². The van der Waals surface area contributed by atoms with Gasteiger partial charge in [0.25, 0.3) is 0 Å². The molecule has 0 spiro atoms. The summed E-state index contributed by atoms with van der Waals surface area (Å²) in [4.78, 5) is 9.24. The van der Waals surface area contributed by atoms with E-state index in [4.69, 9.17) is 4.42 Å². The topological polar surface area (TPSA) is 38.4 Å². The summed E-state index contributed by atoms with van der Waals surface area (Å²) < 4.78 is 5.93. The number of fused-ring (bicyclic) bond motifs is 1. The first kappa shape index (κ1) is 17.2. The van der Waals surface area contributed by atoms with Crippen molar-refractivity contribution in [2.24, 2.45) is 4.99 Å². The molecular formula is C24H22N2O. The monoisotopic (exact) mass is 354 g/mol. The number of benzene rings is 3. The molecule has 0 atom stereocenters. The molecule has 0 amide bonds. The molecule has 0 saturated carbocycles. The molecule has 0 aliphatic carbocycles. The summed E-state index contributed by atoms with van der Waals surface area (Å²) in [5, 5.41) is 0. The van der Waals surface area contributed by atoms with Crippen molar-refractivity contribution in [3.8, 4) is 11.5 Å². The lowest BCUT2D eigenvalue weighted by molar-refractivity contribution is 0.619. The smallest absolute Gasteiger partial charge is 0.227 e. The molecule has 3 aromatic carbocycles. The lowest BCUT2D eigenvalue weighted by Crippen LogP contribution is -1.87. The average Bonchev–Trinajstić information content (AvgIpc) is 3.10. The zero-order valence-electron chi connectivity index (χ0n) is 15.8. The Hall–Kier alpha value is -3.20. The van der Waals surface area contributed by atoms with Crippen LogP contribution in [0.3, 0.4) is 0 Å². The third-order valence-electron chi connectivity index (χ3n) is 4.71. The minimum atomic E-state index is 0.535. The molecular weight excluding hydrogens is 332 g/mol. The van der Waals surface area contributed by atoms with Crippen LogP contribution in [0.5, 0.6) is 0 Å². The molecule has 0 bridgehead atoms. The summed E-state index contributed by atoms with van der Waals surface area (Å²) >= 11 is 0. The number of rotatable bonds is 4. The maximum absolute atomic E-state index is 5.93. The second kappa shape index (κ2) is 7.20. The molecule has 4 rings (SSSR count). The molecule has 0 fully saturated rings. The number of aliphatic imine (C=N–C) groups is 1. The molecule has 0 radical (unpaired) electrons. The standard InChI is InChI=1S/C24H22N2O/c1-16(2)19-10-8-18(9-11-19)15-25-20-12-13-23-22(14-20)26-24(27-23)21-7-5-4-6-17(21)3/h4-16H,1-3H3. The number of hydrogen-bond acceptors (Lipinski definition) is 3. The Kier molecular flexibility index (Phi) is 4.59. The molecule has 0 N–H and O–H groups in total. The first-order valence-electron chi connectivity index (χ1n) is 9.21. The number of aromatic nitrogens is 1. The fraction of sp³-hybridized carbons (Fsp3) is 0.167. The first-order chi connectivity index (χ1) is 13.1. The summed E-state index contributed by atoms with van der Waals surface area (Å²) in [5.74, 6) is 1.18. The molecule has 0 unspecified atom stereocenters. The molecule has 27 heavy (non-hydrogen) atoms. The van der Waals surface area contributed by atoms with Crippen LogP contribution in [-0.4, -0.2) is 11.2 Å². The Morgan fingerprint density at radius 3 is 2.48 bits per heavy atom. The number of oxazole rings is 1. The Morgan fingerprint density at radius 1 is 0.963 bits per heavy atom. The minimum absolute atomic E-state index is 0.535. The van der Waals surface area contributed by atoms with Gasteiger partial charge in [0.1, 0.15) is 5.52 Å². The molecule has 1 heterocycles. The molecule has 134 valence electrons. The van der Waals surface area contributed by atoms with Gasteiger partial charge < -0.3 is 4.42 Å². The second-order valence-electron chi connectivity index (χ2n) is 7.07. The van der Waals surface area contributed by atoms with Crippen LogP contribution < -0.4 is 0 Å². The minimum Gasteiger partial charge on any atom is -0.436 e. The van der Waals surface area contributed by atoms with Crippen molar-refractivity contribution in [1.29, 1.82) is 0 Å². The lowest BCUT2D eigenvalue weighted by Gasteiger charge is -2.04. The van der Waals surface area contributed by atoms with E-state index in [1.165, 1.54) is 5.56 Å². The van der Waals surface area contributed by atoms with Crippen LogP contribution in [0.2, 0.25) is 0 Å². The fourth-order valence-corrected chi connectivity index (χ4v) is 3.04. The number of hydrogen-bond donors (Lipinski definition) is 0. The van der Waals surface area contributed by atoms with Crippen molar-refractivity contribution >= 4 is 23.0 Å². The Balaban J connectivity index is 1.61. The van der Waals surface area contributed by atoms with Gasteiger partial charge in [0.2, 0.25) is 5.89 Å². The average molecular weight is 354 g/mol. The predicted octanol–water partition coefficient (Wildman–Crippen LogP) is 6.68. The fourth-order valence-electron chi connectivity index (χ4n) is 3.04. The van der Waals surface area contributed by atoms with Gasteiger partial charge in [-0.3, -0.25) is 4.99 Å². The van der Waals surface area contributed by atoms with Gasteiger partial charge >= 0.3 is 0 Å². The zero-order chi connectivity index (χ0) is 18.8. The maximum Gasteiger partial charge on any atom is 0.227 e. The van der Waals surface area contributed by atoms with Crippen molar-refractivity contribution in [3.63, 3.8) is 0 Å². The van der Waals surface area contributed by atoms with Crippen molar-refractivity contribution in [1.82, 2.24) is 4.98 Å². The molecule has 0 saturated heterocycles. The van der Waals surface area contributed by atoms with Gasteiger partial charge in [-0.15, -0.1) is 0 Å². The third kappa shape index (κ3) is 3.68. The Morgan fingerprint density at radius 2 is 1.74 bits per heavy atom. The Labute approximate surface area is 159 Å². The van der Waals surface area contributed by atoms with Crippen molar-refractivity contribution in [2.45, 2.75) is 26.7 Å². The summed E-state index contributed by atoms with van der Waals surface area (Å²) in [6.07, 6.45) is 1.88. The highest BCUT2D eigenvalue weighted by Gasteiger charge is 2.10. The highest BCUT2D eigenvalue weighted by molar-refractivity contribution is 5.85. The van der Waals surface area contributed by atoms with Gasteiger partial charge in [-0.2, -0.15) is 0 Å². The number of aryl methyl sites for hydroxylation is 1. The third-order valence-corrected chi connectivity index (χ3v) is 4.71. The van der Waals surface area contributed by atoms with Crippen LogP contribution >= 0.6 is 0 Å². The first-order valence-corrected chi connectivity index (χ1v) is 9.21. The van der Waals surface area contributed by atoms with Crippen LogP contribution in [0, 0.1) is 6.92 Å². The van der Waals surface area contributed by atoms with Crippen LogP contribution in [0.15, 0.2) is 76.1 Å². The van der Waals surface area contributed by atoms with E-state index in [0.29, 0.717) is 11.8 Å². The van der Waals surface area contributed by atoms with E-state index in [-0.39, 0.29) is 0 Å². The van der Waals surface area contributed by atoms with Gasteiger partial charge in [-0.05, 0) is 53.8 Å². The predicted molar refractivity (Wildman–Crippen MR) is 112 cm³/mol. The lowest BCUT2D eigenvalue weighted by atomic mass is 10.0. The molecule has 0 aliphatic heterocycles. The zero-order valence-corrected chi connectivity index (χ0v) is 15.8. The summed E-state index contributed by atoms with van der Waals surface area (Å²) in [6.45, 7) is 6.45. The van der Waals surface area contributed by atoms with E-state index in [2.05, 4.69) is 61.1 Å². The largest absolute Gasteiger partial charge is 0.436 e. The van der Waals surface area contributed by atoms with E-state index in [0.717, 1.165) is 33.5 Å². The SMILES string of the molecule is Cc1ccccc1-c1nc2cc(N=Cc3ccc(C(C)C)cc3)ccc2o1. The summed E-state index contributed by atoms with van der Waals surface area (Å²) in [5.41, 5.74) is 7.03. The second-order valence-corrected chi connectivity index (χ2v) is 7.07. The van der Waals surface area contributed by atoms with Gasteiger partial charge in [0.05, 0.1) is 5.69 Å². The molecule has 3 nitrogen and oxygen atoms in total. The molecule has 1 aromatic heterocycles. The van der Waals surface area contributed by atoms with E-state index in [9.17, 15) is 0 Å². The van der Waals surface area contributed by atoms with Crippen molar-refractivity contribution in [3.05, 3.63) is 83.4 Å². The van der Waals surface area contributed by atoms with Crippen LogP contribution in [0.4, 0.5) is 5.69 Å². The van der Waals surface area contributed by atoms with Crippen molar-refractivity contribution < 1.29 is 4.42 Å². The quantitative estimate of drug-likeness (QED) is 0.383. The van der Waals surface area contributed by atoms with Gasteiger partial charge in [-0.1, -0.05) is 56.3 Å². The van der Waals surface area contributed by atoms with Gasteiger partial charge in [0, 0.05) is 11.8 Å².